The van der Waals surface area contributed by atoms with E-state index in [1.165, 1.54) is 6.92 Å². The van der Waals surface area contributed by atoms with E-state index in [1.54, 1.807) is 14.2 Å². The van der Waals surface area contributed by atoms with Gasteiger partial charge in [-0.25, -0.2) is 0 Å². The summed E-state index contributed by atoms with van der Waals surface area (Å²) in [5, 5.41) is 2.68. The quantitative estimate of drug-likeness (QED) is 0.847. The van der Waals surface area contributed by atoms with Crippen LogP contribution in [0.15, 0.2) is 24.3 Å². The van der Waals surface area contributed by atoms with Gasteiger partial charge < -0.3 is 14.8 Å². The summed E-state index contributed by atoms with van der Waals surface area (Å²) in [6.45, 7) is 1.98. The van der Waals surface area contributed by atoms with Gasteiger partial charge in [0.2, 0.25) is 5.91 Å². The summed E-state index contributed by atoms with van der Waals surface area (Å²) in [6, 6.07) is 5.56. The highest BCUT2D eigenvalue weighted by Crippen LogP contribution is 2.24. The van der Waals surface area contributed by atoms with E-state index in [-0.39, 0.29) is 5.91 Å². The molecule has 0 aromatic heterocycles. The highest BCUT2D eigenvalue weighted by atomic mass is 16.5. The normalized spacial score (nSPS) is 10.3. The van der Waals surface area contributed by atoms with Gasteiger partial charge in [-0.3, -0.25) is 4.79 Å². The average molecular weight is 235 g/mol. The predicted molar refractivity (Wildman–Crippen MR) is 67.3 cm³/mol. The maximum absolute atomic E-state index is 10.7. The number of carbonyl (C=O) groups is 1. The summed E-state index contributed by atoms with van der Waals surface area (Å²) in [7, 11) is 3.24. The first-order valence-corrected chi connectivity index (χ1v) is 5.30. The number of rotatable bonds is 5. The Morgan fingerprint density at radius 2 is 2.12 bits per heavy atom. The zero-order chi connectivity index (χ0) is 12.7. The van der Waals surface area contributed by atoms with Gasteiger partial charge in [0.15, 0.2) is 0 Å². The van der Waals surface area contributed by atoms with Gasteiger partial charge in [0.05, 0.1) is 14.2 Å². The molecule has 0 fully saturated rings. The molecular formula is C13H17NO3. The molecule has 0 unspecified atom stereocenters. The number of hydrogen-bond donors (Lipinski definition) is 1. The second-order valence-corrected chi connectivity index (χ2v) is 3.45. The van der Waals surface area contributed by atoms with Gasteiger partial charge in [-0.15, -0.1) is 0 Å². The molecule has 0 spiro atoms. The van der Waals surface area contributed by atoms with Crippen molar-refractivity contribution in [1.82, 2.24) is 5.32 Å². The monoisotopic (exact) mass is 235 g/mol. The predicted octanol–water partition coefficient (Wildman–Crippen LogP) is 1.85. The van der Waals surface area contributed by atoms with Crippen LogP contribution in [0.2, 0.25) is 0 Å². The minimum Gasteiger partial charge on any atom is -0.497 e. The smallest absolute Gasteiger partial charge is 0.217 e. The largest absolute Gasteiger partial charge is 0.497 e. The van der Waals surface area contributed by atoms with Gasteiger partial charge in [-0.1, -0.05) is 12.2 Å². The Morgan fingerprint density at radius 3 is 2.71 bits per heavy atom. The standard InChI is InChI=1S/C13H17NO3/c1-10(15)14-8-4-5-11-9-12(16-2)6-7-13(11)17-3/h4-7,9H,8H2,1-3H3,(H,14,15). The van der Waals surface area contributed by atoms with Crippen molar-refractivity contribution >= 4 is 12.0 Å². The molecule has 0 radical (unpaired) electrons. The van der Waals surface area contributed by atoms with E-state index >= 15 is 0 Å². The molecule has 0 aliphatic heterocycles. The highest BCUT2D eigenvalue weighted by molar-refractivity contribution is 5.73. The summed E-state index contributed by atoms with van der Waals surface area (Å²) in [6.07, 6.45) is 3.75. The third-order valence-electron chi connectivity index (χ3n) is 2.20. The molecule has 0 atom stereocenters. The van der Waals surface area contributed by atoms with Crippen molar-refractivity contribution in [3.63, 3.8) is 0 Å². The van der Waals surface area contributed by atoms with Crippen LogP contribution in [0.4, 0.5) is 0 Å². The summed E-state index contributed by atoms with van der Waals surface area (Å²) < 4.78 is 10.4. The molecule has 1 aromatic rings. The van der Waals surface area contributed by atoms with Crippen molar-refractivity contribution in [2.45, 2.75) is 6.92 Å². The highest BCUT2D eigenvalue weighted by Gasteiger charge is 2.01. The molecule has 0 bridgehead atoms. The minimum atomic E-state index is -0.0488. The van der Waals surface area contributed by atoms with Crippen LogP contribution in [0.1, 0.15) is 12.5 Å². The second-order valence-electron chi connectivity index (χ2n) is 3.45. The minimum absolute atomic E-state index is 0.0488. The number of carbonyl (C=O) groups excluding carboxylic acids is 1. The van der Waals surface area contributed by atoms with Crippen LogP contribution in [0.3, 0.4) is 0 Å². The van der Waals surface area contributed by atoms with Gasteiger partial charge in [0, 0.05) is 19.0 Å². The third kappa shape index (κ3) is 4.18. The maximum Gasteiger partial charge on any atom is 0.217 e. The zero-order valence-electron chi connectivity index (χ0n) is 10.3. The van der Waals surface area contributed by atoms with Crippen molar-refractivity contribution in [2.24, 2.45) is 0 Å². The van der Waals surface area contributed by atoms with Gasteiger partial charge in [-0.05, 0) is 18.2 Å². The van der Waals surface area contributed by atoms with E-state index in [0.717, 1.165) is 17.1 Å². The fraction of sp³-hybridized carbons (Fsp3) is 0.308. The molecule has 0 aliphatic carbocycles. The first kappa shape index (κ1) is 13.1. The lowest BCUT2D eigenvalue weighted by Gasteiger charge is -2.07. The van der Waals surface area contributed by atoms with E-state index in [2.05, 4.69) is 5.32 Å². The first-order chi connectivity index (χ1) is 8.17. The Kier molecular flexibility index (Phi) is 5.07. The van der Waals surface area contributed by atoms with Crippen LogP contribution in [-0.2, 0) is 4.79 Å². The molecule has 4 nitrogen and oxygen atoms in total. The van der Waals surface area contributed by atoms with E-state index in [4.69, 9.17) is 9.47 Å². The van der Waals surface area contributed by atoms with Crippen molar-refractivity contribution in [3.05, 3.63) is 29.8 Å². The number of methoxy groups -OCH3 is 2. The molecule has 0 heterocycles. The average Bonchev–Trinajstić information content (AvgIpc) is 2.34. The van der Waals surface area contributed by atoms with E-state index in [0.29, 0.717) is 6.54 Å². The molecule has 1 rings (SSSR count). The summed E-state index contributed by atoms with van der Waals surface area (Å²) in [5.41, 5.74) is 0.914. The molecule has 1 aromatic carbocycles. The Balaban J connectivity index is 2.76. The van der Waals surface area contributed by atoms with Gasteiger partial charge in [0.1, 0.15) is 11.5 Å². The van der Waals surface area contributed by atoms with E-state index in [1.807, 2.05) is 30.4 Å². The molecule has 1 amide bonds. The fourth-order valence-electron chi connectivity index (χ4n) is 1.36. The fourth-order valence-corrected chi connectivity index (χ4v) is 1.36. The number of ether oxygens (including phenoxy) is 2. The van der Waals surface area contributed by atoms with Crippen molar-refractivity contribution in [3.8, 4) is 11.5 Å². The van der Waals surface area contributed by atoms with Gasteiger partial charge in [-0.2, -0.15) is 0 Å². The summed E-state index contributed by atoms with van der Waals surface area (Å²) in [5.74, 6) is 1.49. The second kappa shape index (κ2) is 6.58. The molecule has 0 saturated heterocycles. The number of hydrogen-bond acceptors (Lipinski definition) is 3. The van der Waals surface area contributed by atoms with Crippen molar-refractivity contribution in [1.29, 1.82) is 0 Å². The number of nitrogens with one attached hydrogen (secondary N) is 1. The van der Waals surface area contributed by atoms with Gasteiger partial charge >= 0.3 is 0 Å². The molecule has 4 heteroatoms. The van der Waals surface area contributed by atoms with Crippen molar-refractivity contribution < 1.29 is 14.3 Å². The van der Waals surface area contributed by atoms with Crippen LogP contribution in [0, 0.1) is 0 Å². The maximum atomic E-state index is 10.7. The van der Waals surface area contributed by atoms with Crippen LogP contribution in [0.25, 0.3) is 6.08 Å². The lowest BCUT2D eigenvalue weighted by atomic mass is 10.1. The third-order valence-corrected chi connectivity index (χ3v) is 2.20. The number of amides is 1. The van der Waals surface area contributed by atoms with Gasteiger partial charge in [0.25, 0.3) is 0 Å². The first-order valence-electron chi connectivity index (χ1n) is 5.30. The van der Waals surface area contributed by atoms with Crippen molar-refractivity contribution in [2.75, 3.05) is 20.8 Å². The topological polar surface area (TPSA) is 47.6 Å². The SMILES string of the molecule is COc1ccc(OC)c(C=CCNC(C)=O)c1. The van der Waals surface area contributed by atoms with Crippen LogP contribution < -0.4 is 14.8 Å². The lowest BCUT2D eigenvalue weighted by Crippen LogP contribution is -2.19. The Labute approximate surface area is 101 Å². The molecule has 17 heavy (non-hydrogen) atoms. The van der Waals surface area contributed by atoms with Crippen LogP contribution in [-0.4, -0.2) is 26.7 Å². The van der Waals surface area contributed by atoms with Crippen LogP contribution in [0.5, 0.6) is 11.5 Å². The van der Waals surface area contributed by atoms with E-state index in [9.17, 15) is 4.79 Å². The Morgan fingerprint density at radius 1 is 1.35 bits per heavy atom. The lowest BCUT2D eigenvalue weighted by molar-refractivity contribution is -0.118. The summed E-state index contributed by atoms with van der Waals surface area (Å²) >= 11 is 0. The molecular weight excluding hydrogens is 218 g/mol. The van der Waals surface area contributed by atoms with Crippen LogP contribution >= 0.6 is 0 Å². The molecule has 1 N–H and O–H groups in total. The zero-order valence-corrected chi connectivity index (χ0v) is 10.3. The number of benzene rings is 1. The Hall–Kier alpha value is -1.97. The molecule has 0 saturated carbocycles. The molecule has 0 aliphatic rings. The Bertz CT molecular complexity index is 413. The summed E-state index contributed by atoms with van der Waals surface area (Å²) in [4.78, 5) is 10.7. The molecule has 92 valence electrons. The van der Waals surface area contributed by atoms with E-state index < -0.39 is 0 Å².